The number of hydrogen-bond acceptors (Lipinski definition) is 7. The summed E-state index contributed by atoms with van der Waals surface area (Å²) in [5.74, 6) is 1.03. The fourth-order valence-electron chi connectivity index (χ4n) is 4.83. The molecule has 4 atom stereocenters. The number of carbonyl (C=O) groups is 1. The Balaban J connectivity index is 1.47. The van der Waals surface area contributed by atoms with Gasteiger partial charge in [0.1, 0.15) is 16.9 Å². The van der Waals surface area contributed by atoms with Gasteiger partial charge in [0.15, 0.2) is 0 Å². The van der Waals surface area contributed by atoms with Crippen LogP contribution in [0.1, 0.15) is 59.3 Å². The van der Waals surface area contributed by atoms with Crippen molar-refractivity contribution in [1.82, 2.24) is 14.9 Å². The van der Waals surface area contributed by atoms with Crippen molar-refractivity contribution in [1.29, 1.82) is 0 Å². The Kier molecular flexibility index (Phi) is 6.49. The highest BCUT2D eigenvalue weighted by molar-refractivity contribution is 6.29. The molecular formula is C22H33ClN4O4. The van der Waals surface area contributed by atoms with Crippen LogP contribution in [0.2, 0.25) is 5.15 Å². The van der Waals surface area contributed by atoms with Crippen molar-refractivity contribution in [2.24, 2.45) is 0 Å². The fraction of sp³-hybridized carbons (Fsp3) is 0.773. The van der Waals surface area contributed by atoms with E-state index in [9.17, 15) is 4.79 Å². The van der Waals surface area contributed by atoms with Gasteiger partial charge in [0.25, 0.3) is 0 Å². The first-order valence-electron chi connectivity index (χ1n) is 11.2. The summed E-state index contributed by atoms with van der Waals surface area (Å²) in [7, 11) is 2.00. The van der Waals surface area contributed by atoms with Crippen LogP contribution < -0.4 is 9.64 Å². The average molecular weight is 453 g/mol. The van der Waals surface area contributed by atoms with Gasteiger partial charge in [-0.25, -0.2) is 9.78 Å². The molecule has 4 rings (SSSR count). The molecule has 1 aromatic rings. The topological polar surface area (TPSA) is 77.0 Å². The minimum Gasteiger partial charge on any atom is -0.472 e. The Hall–Kier alpha value is -1.80. The fourth-order valence-corrected chi connectivity index (χ4v) is 4.99. The number of amides is 1. The predicted octanol–water partition coefficient (Wildman–Crippen LogP) is 4.05. The van der Waals surface area contributed by atoms with Gasteiger partial charge in [-0.05, 0) is 52.9 Å². The molecule has 0 unspecified atom stereocenters. The normalized spacial score (nSPS) is 28.4. The monoisotopic (exact) mass is 452 g/mol. The molecular weight excluding hydrogens is 420 g/mol. The molecule has 0 radical (unpaired) electrons. The van der Waals surface area contributed by atoms with Crippen LogP contribution in [0.5, 0.6) is 5.88 Å². The minimum atomic E-state index is -0.492. The van der Waals surface area contributed by atoms with Gasteiger partial charge in [-0.1, -0.05) is 11.6 Å². The highest BCUT2D eigenvalue weighted by Gasteiger charge is 2.44. The zero-order valence-corrected chi connectivity index (χ0v) is 19.6. The van der Waals surface area contributed by atoms with Crippen molar-refractivity contribution in [3.8, 4) is 5.88 Å². The van der Waals surface area contributed by atoms with Crippen LogP contribution >= 0.6 is 11.6 Å². The maximum absolute atomic E-state index is 12.8. The van der Waals surface area contributed by atoms with Crippen molar-refractivity contribution in [3.63, 3.8) is 0 Å². The molecule has 8 nitrogen and oxygen atoms in total. The lowest BCUT2D eigenvalue weighted by molar-refractivity contribution is -0.0214. The highest BCUT2D eigenvalue weighted by atomic mass is 35.5. The van der Waals surface area contributed by atoms with Crippen LogP contribution in [0.3, 0.4) is 0 Å². The lowest BCUT2D eigenvalue weighted by atomic mass is 9.81. The van der Waals surface area contributed by atoms with Gasteiger partial charge in [0.05, 0.1) is 13.2 Å². The van der Waals surface area contributed by atoms with Crippen LogP contribution in [0.15, 0.2) is 6.07 Å². The van der Waals surface area contributed by atoms with Gasteiger partial charge >= 0.3 is 6.09 Å². The smallest absolute Gasteiger partial charge is 0.410 e. The Morgan fingerprint density at radius 1 is 1.23 bits per heavy atom. The number of halogens is 1. The molecule has 0 saturated carbocycles. The van der Waals surface area contributed by atoms with E-state index < -0.39 is 5.60 Å². The lowest BCUT2D eigenvalue weighted by Gasteiger charge is -2.50. The Bertz CT molecular complexity index is 782. The number of nitrogens with zero attached hydrogens (tertiary/aromatic N) is 4. The molecule has 172 valence electrons. The van der Waals surface area contributed by atoms with Gasteiger partial charge < -0.3 is 24.0 Å². The van der Waals surface area contributed by atoms with E-state index in [0.29, 0.717) is 30.2 Å². The molecule has 3 aliphatic rings. The van der Waals surface area contributed by atoms with E-state index >= 15 is 0 Å². The molecule has 9 heteroatoms. The number of anilines is 1. The minimum absolute atomic E-state index is 0.000507. The predicted molar refractivity (Wildman–Crippen MR) is 118 cm³/mol. The van der Waals surface area contributed by atoms with E-state index in [1.165, 1.54) is 0 Å². The SMILES string of the molecule is CN(c1nc(Cl)cc(O[C@@H]2CCOC2)n1)[C@@H]1C[C@H]2CCC[C@@H](C1)N2C(=O)OC(C)(C)C. The van der Waals surface area contributed by atoms with Crippen molar-refractivity contribution in [3.05, 3.63) is 11.2 Å². The van der Waals surface area contributed by atoms with E-state index in [4.69, 9.17) is 25.8 Å². The highest BCUT2D eigenvalue weighted by Crippen LogP contribution is 2.37. The molecule has 3 saturated heterocycles. The molecule has 2 bridgehead atoms. The maximum Gasteiger partial charge on any atom is 0.410 e. The first-order valence-corrected chi connectivity index (χ1v) is 11.6. The van der Waals surface area contributed by atoms with Crippen LogP contribution in [-0.4, -0.2) is 71.1 Å². The molecule has 0 aliphatic carbocycles. The number of aromatic nitrogens is 2. The van der Waals surface area contributed by atoms with Crippen LogP contribution in [-0.2, 0) is 9.47 Å². The summed E-state index contributed by atoms with van der Waals surface area (Å²) in [5.41, 5.74) is -0.492. The molecule has 1 amide bonds. The van der Waals surface area contributed by atoms with Crippen LogP contribution in [0.4, 0.5) is 10.7 Å². The zero-order valence-electron chi connectivity index (χ0n) is 18.8. The summed E-state index contributed by atoms with van der Waals surface area (Å²) >= 11 is 6.28. The zero-order chi connectivity index (χ0) is 22.2. The number of ether oxygens (including phenoxy) is 3. The molecule has 0 aromatic carbocycles. The Morgan fingerprint density at radius 3 is 2.55 bits per heavy atom. The van der Waals surface area contributed by atoms with Crippen molar-refractivity contribution in [2.75, 3.05) is 25.2 Å². The third-order valence-corrected chi connectivity index (χ3v) is 6.45. The van der Waals surface area contributed by atoms with E-state index in [0.717, 1.165) is 38.5 Å². The summed E-state index contributed by atoms with van der Waals surface area (Å²) < 4.78 is 17.0. The molecule has 0 spiro atoms. The Labute approximate surface area is 189 Å². The van der Waals surface area contributed by atoms with Gasteiger partial charge in [-0.15, -0.1) is 0 Å². The molecule has 3 aliphatic heterocycles. The van der Waals surface area contributed by atoms with E-state index in [2.05, 4.69) is 14.9 Å². The van der Waals surface area contributed by atoms with Crippen molar-refractivity contribution < 1.29 is 19.0 Å². The molecule has 4 heterocycles. The first kappa shape index (κ1) is 22.4. The van der Waals surface area contributed by atoms with Crippen molar-refractivity contribution in [2.45, 2.75) is 89.1 Å². The first-order chi connectivity index (χ1) is 14.7. The summed E-state index contributed by atoms with van der Waals surface area (Å²) in [6.07, 6.45) is 5.49. The van der Waals surface area contributed by atoms with E-state index in [-0.39, 0.29) is 30.3 Å². The maximum atomic E-state index is 12.8. The largest absolute Gasteiger partial charge is 0.472 e. The van der Waals surface area contributed by atoms with Gasteiger partial charge in [0, 0.05) is 37.7 Å². The van der Waals surface area contributed by atoms with E-state index in [1.54, 1.807) is 6.07 Å². The molecule has 1 aromatic heterocycles. The van der Waals surface area contributed by atoms with Crippen molar-refractivity contribution >= 4 is 23.6 Å². The van der Waals surface area contributed by atoms with Gasteiger partial charge in [-0.2, -0.15) is 4.98 Å². The van der Waals surface area contributed by atoms with Gasteiger partial charge in [0.2, 0.25) is 11.8 Å². The summed E-state index contributed by atoms with van der Waals surface area (Å²) in [6.45, 7) is 7.01. The van der Waals surface area contributed by atoms with Gasteiger partial charge in [-0.3, -0.25) is 0 Å². The second-order valence-electron chi connectivity index (χ2n) is 9.79. The van der Waals surface area contributed by atoms with E-state index in [1.807, 2.05) is 32.7 Å². The molecule has 31 heavy (non-hydrogen) atoms. The Morgan fingerprint density at radius 2 is 1.94 bits per heavy atom. The standard InChI is InChI=1S/C22H33ClN4O4/c1-22(2,3)31-21(28)27-14-6-5-7-15(27)11-16(10-14)26(4)20-24-18(23)12-19(25-20)30-17-8-9-29-13-17/h12,14-17H,5-11,13H2,1-4H3/t14-,15+,16-,17-/m1/s1. The number of piperidine rings is 2. The summed E-state index contributed by atoms with van der Waals surface area (Å²) in [4.78, 5) is 26.0. The lowest BCUT2D eigenvalue weighted by Crippen LogP contribution is -2.59. The summed E-state index contributed by atoms with van der Waals surface area (Å²) in [5, 5.41) is 0.358. The molecule has 0 N–H and O–H groups in total. The number of rotatable bonds is 4. The van der Waals surface area contributed by atoms with Crippen LogP contribution in [0.25, 0.3) is 0 Å². The third kappa shape index (κ3) is 5.34. The quantitative estimate of drug-likeness (QED) is 0.637. The molecule has 3 fully saturated rings. The second-order valence-corrected chi connectivity index (χ2v) is 10.2. The number of carbonyl (C=O) groups excluding carboxylic acids is 1. The number of hydrogen-bond donors (Lipinski definition) is 0. The second kappa shape index (κ2) is 8.98. The number of fused-ring (bicyclic) bond motifs is 2. The average Bonchev–Trinajstić information content (AvgIpc) is 3.17. The summed E-state index contributed by atoms with van der Waals surface area (Å²) in [6, 6.07) is 2.20. The van der Waals surface area contributed by atoms with Crippen LogP contribution in [0, 0.1) is 0 Å². The third-order valence-electron chi connectivity index (χ3n) is 6.25.